The Labute approximate surface area is 121 Å². The largest absolute Gasteiger partial charge is 0.492 e. The molecule has 0 amide bonds. The van der Waals surface area contributed by atoms with Crippen LogP contribution in [0.1, 0.15) is 0 Å². The molecule has 0 atom stereocenters. The molecule has 0 spiro atoms. The number of nitrogens with zero attached hydrogens (tertiary/aromatic N) is 2. The molecule has 0 radical (unpaired) electrons. The number of rotatable bonds is 5. The van der Waals surface area contributed by atoms with Crippen molar-refractivity contribution >= 4 is 16.6 Å². The Morgan fingerprint density at radius 2 is 1.86 bits per heavy atom. The van der Waals surface area contributed by atoms with Crippen molar-refractivity contribution in [3.63, 3.8) is 0 Å². The van der Waals surface area contributed by atoms with Crippen molar-refractivity contribution in [3.8, 4) is 5.75 Å². The number of nitro groups is 1. The van der Waals surface area contributed by atoms with E-state index in [-0.39, 0.29) is 10.6 Å². The number of para-hydroxylation sites is 1. The zero-order valence-electron chi connectivity index (χ0n) is 11.3. The summed E-state index contributed by atoms with van der Waals surface area (Å²) in [4.78, 5) is 10.6. The normalized spacial score (nSPS) is 10.7. The third-order valence-corrected chi connectivity index (χ3v) is 3.33. The molecule has 0 unspecified atom stereocenters. The minimum absolute atomic E-state index is 0.134. The van der Waals surface area contributed by atoms with Crippen LogP contribution in [-0.2, 0) is 6.54 Å². The molecule has 1 aromatic heterocycles. The van der Waals surface area contributed by atoms with Gasteiger partial charge in [0.15, 0.2) is 0 Å². The van der Waals surface area contributed by atoms with Gasteiger partial charge in [-0.25, -0.2) is 0 Å². The van der Waals surface area contributed by atoms with E-state index in [0.29, 0.717) is 18.5 Å². The Kier molecular flexibility index (Phi) is 3.55. The summed E-state index contributed by atoms with van der Waals surface area (Å²) in [5, 5.41) is 11.6. The smallest absolute Gasteiger partial charge is 0.278 e. The number of nitro benzene ring substituents is 1. The summed E-state index contributed by atoms with van der Waals surface area (Å²) >= 11 is 0. The number of benzene rings is 2. The lowest BCUT2D eigenvalue weighted by molar-refractivity contribution is -0.383. The van der Waals surface area contributed by atoms with E-state index in [1.54, 1.807) is 12.1 Å². The van der Waals surface area contributed by atoms with Crippen molar-refractivity contribution in [2.45, 2.75) is 6.54 Å². The third kappa shape index (κ3) is 2.72. The summed E-state index contributed by atoms with van der Waals surface area (Å²) in [6.07, 6.45) is 1.85. The summed E-state index contributed by atoms with van der Waals surface area (Å²) in [7, 11) is 0. The molecule has 0 fully saturated rings. The van der Waals surface area contributed by atoms with Crippen LogP contribution in [0.3, 0.4) is 0 Å². The maximum Gasteiger partial charge on any atom is 0.278 e. The van der Waals surface area contributed by atoms with E-state index in [1.807, 2.05) is 47.2 Å². The first-order valence-corrected chi connectivity index (χ1v) is 6.66. The number of non-ortho nitro benzene ring substituents is 1. The first kappa shape index (κ1) is 13.2. The number of fused-ring (bicyclic) bond motifs is 1. The molecule has 5 heteroatoms. The monoisotopic (exact) mass is 282 g/mol. The maximum atomic E-state index is 11.0. The molecule has 106 valence electrons. The molecule has 0 bridgehead atoms. The fourth-order valence-electron chi connectivity index (χ4n) is 2.34. The molecular weight excluding hydrogens is 268 g/mol. The van der Waals surface area contributed by atoms with Gasteiger partial charge < -0.3 is 9.30 Å². The summed E-state index contributed by atoms with van der Waals surface area (Å²) < 4.78 is 7.61. The van der Waals surface area contributed by atoms with Crippen molar-refractivity contribution in [2.75, 3.05) is 6.61 Å². The van der Waals surface area contributed by atoms with Crippen LogP contribution < -0.4 is 4.74 Å². The van der Waals surface area contributed by atoms with Crippen molar-refractivity contribution in [1.29, 1.82) is 0 Å². The zero-order valence-corrected chi connectivity index (χ0v) is 11.3. The van der Waals surface area contributed by atoms with Crippen LogP contribution >= 0.6 is 0 Å². The van der Waals surface area contributed by atoms with Crippen molar-refractivity contribution in [3.05, 3.63) is 70.9 Å². The molecule has 0 saturated carbocycles. The van der Waals surface area contributed by atoms with Gasteiger partial charge in [-0.1, -0.05) is 24.3 Å². The molecule has 2 aromatic carbocycles. The SMILES string of the molecule is O=[N+]([O-])c1cccc2c1ccn2CCOc1ccccc1. The van der Waals surface area contributed by atoms with E-state index in [2.05, 4.69) is 0 Å². The Balaban J connectivity index is 1.76. The number of ether oxygens (including phenoxy) is 1. The lowest BCUT2D eigenvalue weighted by atomic mass is 10.2. The number of aromatic nitrogens is 1. The Hall–Kier alpha value is -2.82. The molecule has 0 aliphatic rings. The van der Waals surface area contributed by atoms with E-state index in [0.717, 1.165) is 11.3 Å². The Morgan fingerprint density at radius 1 is 1.05 bits per heavy atom. The quantitative estimate of drug-likeness (QED) is 0.530. The van der Waals surface area contributed by atoms with Gasteiger partial charge in [-0.2, -0.15) is 0 Å². The highest BCUT2D eigenvalue weighted by Gasteiger charge is 2.13. The fraction of sp³-hybridized carbons (Fsp3) is 0.125. The zero-order chi connectivity index (χ0) is 14.7. The van der Waals surface area contributed by atoms with Crippen LogP contribution in [-0.4, -0.2) is 16.1 Å². The summed E-state index contributed by atoms with van der Waals surface area (Å²) in [5.74, 6) is 0.819. The lowest BCUT2D eigenvalue weighted by Gasteiger charge is -2.08. The summed E-state index contributed by atoms with van der Waals surface area (Å²) in [6, 6.07) is 16.5. The first-order chi connectivity index (χ1) is 10.3. The van der Waals surface area contributed by atoms with E-state index in [1.165, 1.54) is 6.07 Å². The molecule has 3 aromatic rings. The molecule has 0 aliphatic carbocycles. The van der Waals surface area contributed by atoms with Crippen LogP contribution in [0.4, 0.5) is 5.69 Å². The van der Waals surface area contributed by atoms with Crippen LogP contribution in [0.5, 0.6) is 5.75 Å². The fourth-order valence-corrected chi connectivity index (χ4v) is 2.34. The molecule has 0 saturated heterocycles. The Morgan fingerprint density at radius 3 is 2.62 bits per heavy atom. The van der Waals surface area contributed by atoms with Gasteiger partial charge in [0.2, 0.25) is 0 Å². The van der Waals surface area contributed by atoms with Crippen molar-refractivity contribution in [2.24, 2.45) is 0 Å². The van der Waals surface area contributed by atoms with Gasteiger partial charge in [0.1, 0.15) is 12.4 Å². The molecule has 1 heterocycles. The lowest BCUT2D eigenvalue weighted by Crippen LogP contribution is -2.07. The third-order valence-electron chi connectivity index (χ3n) is 3.33. The molecule has 21 heavy (non-hydrogen) atoms. The van der Waals surface area contributed by atoms with Gasteiger partial charge in [-0.05, 0) is 24.3 Å². The Bertz CT molecular complexity index is 766. The van der Waals surface area contributed by atoms with Gasteiger partial charge >= 0.3 is 0 Å². The number of hydrogen-bond acceptors (Lipinski definition) is 3. The minimum atomic E-state index is -0.354. The van der Waals surface area contributed by atoms with Gasteiger partial charge in [0.25, 0.3) is 5.69 Å². The van der Waals surface area contributed by atoms with Crippen molar-refractivity contribution in [1.82, 2.24) is 4.57 Å². The van der Waals surface area contributed by atoms with Crippen molar-refractivity contribution < 1.29 is 9.66 Å². The van der Waals surface area contributed by atoms with Crippen LogP contribution in [0.2, 0.25) is 0 Å². The standard InChI is InChI=1S/C16H14N2O3/c19-18(20)16-8-4-7-15-14(16)9-10-17(15)11-12-21-13-5-2-1-3-6-13/h1-10H,11-12H2. The maximum absolute atomic E-state index is 11.0. The second kappa shape index (κ2) is 5.66. The summed E-state index contributed by atoms with van der Waals surface area (Å²) in [5.41, 5.74) is 0.982. The molecule has 0 N–H and O–H groups in total. The molecular formula is C16H14N2O3. The van der Waals surface area contributed by atoms with E-state index >= 15 is 0 Å². The second-order valence-corrected chi connectivity index (χ2v) is 4.64. The van der Waals surface area contributed by atoms with Crippen LogP contribution in [0, 0.1) is 10.1 Å². The van der Waals surface area contributed by atoms with Gasteiger partial charge in [0, 0.05) is 12.3 Å². The van der Waals surface area contributed by atoms with E-state index in [4.69, 9.17) is 4.74 Å². The predicted octanol–water partition coefficient (Wildman–Crippen LogP) is 3.63. The summed E-state index contributed by atoms with van der Waals surface area (Å²) in [6.45, 7) is 1.15. The van der Waals surface area contributed by atoms with Crippen LogP contribution in [0.15, 0.2) is 60.8 Å². The number of hydrogen-bond donors (Lipinski definition) is 0. The average Bonchev–Trinajstić information content (AvgIpc) is 2.91. The first-order valence-electron chi connectivity index (χ1n) is 6.66. The topological polar surface area (TPSA) is 57.3 Å². The molecule has 5 nitrogen and oxygen atoms in total. The highest BCUT2D eigenvalue weighted by Crippen LogP contribution is 2.26. The van der Waals surface area contributed by atoms with E-state index < -0.39 is 0 Å². The molecule has 3 rings (SSSR count). The second-order valence-electron chi connectivity index (χ2n) is 4.64. The van der Waals surface area contributed by atoms with Gasteiger partial charge in [-0.3, -0.25) is 10.1 Å². The highest BCUT2D eigenvalue weighted by atomic mass is 16.6. The van der Waals surface area contributed by atoms with Gasteiger partial charge in [0.05, 0.1) is 22.4 Å². The molecule has 0 aliphatic heterocycles. The predicted molar refractivity (Wildman–Crippen MR) is 80.5 cm³/mol. The highest BCUT2D eigenvalue weighted by molar-refractivity contribution is 5.89. The van der Waals surface area contributed by atoms with Gasteiger partial charge in [-0.15, -0.1) is 0 Å². The average molecular weight is 282 g/mol. The minimum Gasteiger partial charge on any atom is -0.492 e. The van der Waals surface area contributed by atoms with E-state index in [9.17, 15) is 10.1 Å². The van der Waals surface area contributed by atoms with Crippen LogP contribution in [0.25, 0.3) is 10.9 Å².